The van der Waals surface area contributed by atoms with Crippen molar-refractivity contribution in [1.82, 2.24) is 0 Å². The Kier molecular flexibility index (Phi) is 1.46. The average molecular weight is 212 g/mol. The molecule has 2 nitrogen and oxygen atoms in total. The number of rotatable bonds is 0. The molecule has 1 aliphatic heterocycles. The zero-order chi connectivity index (χ0) is 5.28. The van der Waals surface area contributed by atoms with Crippen LogP contribution in [0.25, 0.3) is 0 Å². The van der Waals surface area contributed by atoms with Gasteiger partial charge in [-0.15, -0.1) is 0 Å². The molecule has 0 aromatic rings. The maximum absolute atomic E-state index is 10.3. The molecule has 0 N–H and O–H groups in total. The van der Waals surface area contributed by atoms with Gasteiger partial charge in [-0.2, -0.15) is 0 Å². The zero-order valence-electron chi connectivity index (χ0n) is 3.64. The first-order valence-electron chi connectivity index (χ1n) is 1.94. The van der Waals surface area contributed by atoms with Crippen molar-refractivity contribution in [3.05, 3.63) is 0 Å². The zero-order valence-corrected chi connectivity index (χ0v) is 5.97. The third-order valence-electron chi connectivity index (χ3n) is 0.777. The summed E-state index contributed by atoms with van der Waals surface area (Å²) in [6.07, 6.45) is 0. The molecule has 1 aliphatic rings. The van der Waals surface area contributed by atoms with Crippen LogP contribution in [0, 0.1) is 0 Å². The quantitative estimate of drug-likeness (QED) is 0.407. The van der Waals surface area contributed by atoms with Crippen LogP contribution in [0.15, 0.2) is 0 Å². The van der Waals surface area contributed by atoms with Gasteiger partial charge < -0.3 is 0 Å². The molecule has 0 unspecified atom stereocenters. The molecule has 0 aromatic heterocycles. The number of ketones is 2. The molecule has 38 valence electrons. The second kappa shape index (κ2) is 1.94. The van der Waals surface area contributed by atoms with Gasteiger partial charge in [-0.3, -0.25) is 0 Å². The molecule has 0 spiro atoms. The van der Waals surface area contributed by atoms with Gasteiger partial charge in [-0.05, 0) is 0 Å². The van der Waals surface area contributed by atoms with E-state index in [1.807, 2.05) is 0 Å². The average Bonchev–Trinajstić information content (AvgIpc) is 1.91. The summed E-state index contributed by atoms with van der Waals surface area (Å²) >= 11 is -0.185. The Balaban J connectivity index is 2.65. The summed E-state index contributed by atoms with van der Waals surface area (Å²) in [5.74, 6) is -0.246. The molecule has 0 bridgehead atoms. The van der Waals surface area contributed by atoms with Crippen molar-refractivity contribution in [1.29, 1.82) is 0 Å². The molecule has 1 rings (SSSR count). The van der Waals surface area contributed by atoms with E-state index in [0.29, 0.717) is 8.94 Å². The second-order valence-corrected chi connectivity index (χ2v) is 4.15. The predicted octanol–water partition coefficient (Wildman–Crippen LogP) is -0.321. The minimum absolute atomic E-state index is 0.123. The van der Waals surface area contributed by atoms with Crippen molar-refractivity contribution in [3.8, 4) is 0 Å². The Morgan fingerprint density at radius 2 is 1.57 bits per heavy atom. The Bertz CT molecular complexity index is 105. The second-order valence-electron chi connectivity index (χ2n) is 1.34. The summed E-state index contributed by atoms with van der Waals surface area (Å²) in [6, 6.07) is 0. The van der Waals surface area contributed by atoms with Gasteiger partial charge in [0.25, 0.3) is 0 Å². The number of Topliss-reactive ketones (excluding diaryl/α,β-unsaturated/α-hetero) is 2. The molecule has 1 saturated heterocycles. The van der Waals surface area contributed by atoms with Crippen LogP contribution in [0.4, 0.5) is 0 Å². The molecular weight excluding hydrogens is 208 g/mol. The first-order valence-corrected chi connectivity index (χ1v) is 5.24. The van der Waals surface area contributed by atoms with Crippen LogP contribution in [0.5, 0.6) is 0 Å². The molecule has 1 heterocycles. The third kappa shape index (κ3) is 1.02. The van der Waals surface area contributed by atoms with Crippen molar-refractivity contribution >= 4 is 32.5 Å². The summed E-state index contributed by atoms with van der Waals surface area (Å²) in [6.45, 7) is 0. The predicted molar refractivity (Wildman–Crippen MR) is 25.4 cm³/mol. The third-order valence-corrected chi connectivity index (χ3v) is 3.44. The number of hydrogen-bond acceptors (Lipinski definition) is 2. The van der Waals surface area contributed by atoms with Crippen molar-refractivity contribution in [2.45, 2.75) is 8.94 Å². The normalized spacial score (nSPS) is 21.1. The van der Waals surface area contributed by atoms with E-state index in [0.717, 1.165) is 0 Å². The van der Waals surface area contributed by atoms with E-state index in [2.05, 4.69) is 0 Å². The van der Waals surface area contributed by atoms with Crippen LogP contribution in [0.2, 0.25) is 8.94 Å². The minimum atomic E-state index is -0.185. The van der Waals surface area contributed by atoms with Crippen molar-refractivity contribution in [3.63, 3.8) is 0 Å². The number of hydrogen-bond donors (Lipinski definition) is 0. The van der Waals surface area contributed by atoms with Crippen LogP contribution in [0.1, 0.15) is 0 Å². The van der Waals surface area contributed by atoms with Crippen LogP contribution >= 0.6 is 0 Å². The van der Waals surface area contributed by atoms with Gasteiger partial charge in [-0.1, -0.05) is 0 Å². The molecule has 1 fully saturated rings. The van der Waals surface area contributed by atoms with E-state index in [1.165, 1.54) is 0 Å². The SMILES string of the molecule is O=C1C[Te]CC1=O. The van der Waals surface area contributed by atoms with Crippen molar-refractivity contribution < 1.29 is 9.59 Å². The van der Waals surface area contributed by atoms with Crippen LogP contribution in [0.3, 0.4) is 0 Å². The van der Waals surface area contributed by atoms with Gasteiger partial charge in [-0.25, -0.2) is 0 Å². The molecule has 3 heteroatoms. The van der Waals surface area contributed by atoms with Gasteiger partial charge in [0.2, 0.25) is 0 Å². The van der Waals surface area contributed by atoms with Crippen LogP contribution in [-0.4, -0.2) is 32.5 Å². The molecule has 0 aliphatic carbocycles. The van der Waals surface area contributed by atoms with E-state index in [4.69, 9.17) is 0 Å². The summed E-state index contributed by atoms with van der Waals surface area (Å²) in [5.41, 5.74) is 0. The fourth-order valence-electron chi connectivity index (χ4n) is 0.397. The molecule has 0 saturated carbocycles. The molecule has 0 atom stereocenters. The number of carbonyl (C=O) groups is 2. The Morgan fingerprint density at radius 3 is 1.71 bits per heavy atom. The molecule has 0 radical (unpaired) electrons. The maximum atomic E-state index is 10.3. The van der Waals surface area contributed by atoms with E-state index in [9.17, 15) is 9.59 Å². The Hall–Kier alpha value is 0.130. The van der Waals surface area contributed by atoms with Crippen molar-refractivity contribution in [2.75, 3.05) is 0 Å². The van der Waals surface area contributed by atoms with E-state index in [1.54, 1.807) is 0 Å². The van der Waals surface area contributed by atoms with E-state index >= 15 is 0 Å². The summed E-state index contributed by atoms with van der Waals surface area (Å²) in [5, 5.41) is 0. The summed E-state index contributed by atoms with van der Waals surface area (Å²) < 4.78 is 1.23. The first-order chi connectivity index (χ1) is 3.30. The fraction of sp³-hybridized carbons (Fsp3) is 0.500. The molecule has 0 amide bonds. The van der Waals surface area contributed by atoms with Gasteiger partial charge in [0.15, 0.2) is 0 Å². The fourth-order valence-corrected chi connectivity index (χ4v) is 2.67. The van der Waals surface area contributed by atoms with Gasteiger partial charge in [0, 0.05) is 0 Å². The molecular formula is C4H4O2Te. The van der Waals surface area contributed by atoms with Gasteiger partial charge in [0.1, 0.15) is 0 Å². The topological polar surface area (TPSA) is 34.1 Å². The summed E-state index contributed by atoms with van der Waals surface area (Å²) in [7, 11) is 0. The van der Waals surface area contributed by atoms with E-state index < -0.39 is 0 Å². The first kappa shape index (κ1) is 5.27. The monoisotopic (exact) mass is 214 g/mol. The Labute approximate surface area is 51.4 Å². The van der Waals surface area contributed by atoms with Crippen LogP contribution < -0.4 is 0 Å². The molecule has 7 heavy (non-hydrogen) atoms. The molecule has 0 aromatic carbocycles. The standard InChI is InChI=1S/C4H4O2Te/c5-3-1-7-2-4(3)6/h1-2H2. The van der Waals surface area contributed by atoms with Crippen LogP contribution in [-0.2, 0) is 9.59 Å². The van der Waals surface area contributed by atoms with Gasteiger partial charge in [0.05, 0.1) is 0 Å². The van der Waals surface area contributed by atoms with E-state index in [-0.39, 0.29) is 32.5 Å². The Morgan fingerprint density at radius 1 is 1.14 bits per heavy atom. The van der Waals surface area contributed by atoms with Crippen molar-refractivity contribution in [2.24, 2.45) is 0 Å². The number of carbonyl (C=O) groups excluding carboxylic acids is 2. The van der Waals surface area contributed by atoms with Gasteiger partial charge >= 0.3 is 51.0 Å². The summed E-state index contributed by atoms with van der Waals surface area (Å²) in [4.78, 5) is 20.5.